The third-order valence-electron chi connectivity index (χ3n) is 2.63. The van der Waals surface area contributed by atoms with Gasteiger partial charge in [-0.1, -0.05) is 46.9 Å². The molecule has 0 aromatic heterocycles. The van der Waals surface area contributed by atoms with Crippen molar-refractivity contribution in [1.29, 1.82) is 0 Å². The van der Waals surface area contributed by atoms with Crippen molar-refractivity contribution in [2.24, 2.45) is 0 Å². The molecular formula is C13H10Cl3NO2S. The smallest absolute Gasteiger partial charge is 0.262 e. The van der Waals surface area contributed by atoms with Crippen LogP contribution in [0.4, 0.5) is 5.69 Å². The predicted octanol–water partition coefficient (Wildman–Crippen LogP) is 4.76. The first-order valence-corrected chi connectivity index (χ1v) is 8.16. The average Bonchev–Trinajstić information content (AvgIpc) is 2.36. The van der Waals surface area contributed by atoms with Crippen LogP contribution in [0.25, 0.3) is 0 Å². The van der Waals surface area contributed by atoms with Gasteiger partial charge in [0, 0.05) is 0 Å². The predicted molar refractivity (Wildman–Crippen MR) is 83.5 cm³/mol. The molecule has 0 spiro atoms. The van der Waals surface area contributed by atoms with Crippen molar-refractivity contribution in [3.05, 3.63) is 57.0 Å². The number of aryl methyl sites for hydroxylation is 1. The third kappa shape index (κ3) is 3.20. The van der Waals surface area contributed by atoms with Crippen molar-refractivity contribution < 1.29 is 8.42 Å². The number of hydrogen-bond acceptors (Lipinski definition) is 2. The molecule has 2 aromatic carbocycles. The number of anilines is 1. The van der Waals surface area contributed by atoms with E-state index in [1.165, 1.54) is 12.1 Å². The summed E-state index contributed by atoms with van der Waals surface area (Å²) in [7, 11) is -3.78. The maximum absolute atomic E-state index is 12.4. The van der Waals surface area contributed by atoms with E-state index in [0.717, 1.165) is 0 Å². The lowest BCUT2D eigenvalue weighted by atomic mass is 10.2. The number of para-hydroxylation sites is 1. The second-order valence-electron chi connectivity index (χ2n) is 4.12. The largest absolute Gasteiger partial charge is 0.278 e. The van der Waals surface area contributed by atoms with Gasteiger partial charge in [-0.25, -0.2) is 8.42 Å². The summed E-state index contributed by atoms with van der Waals surface area (Å²) in [5, 5.41) is 0.798. The second kappa shape index (κ2) is 5.82. The van der Waals surface area contributed by atoms with Crippen LogP contribution in [0.1, 0.15) is 5.56 Å². The van der Waals surface area contributed by atoms with Gasteiger partial charge in [0.25, 0.3) is 10.0 Å². The Morgan fingerprint density at radius 2 is 1.55 bits per heavy atom. The van der Waals surface area contributed by atoms with Gasteiger partial charge >= 0.3 is 0 Å². The lowest BCUT2D eigenvalue weighted by Crippen LogP contribution is -2.14. The summed E-state index contributed by atoms with van der Waals surface area (Å²) in [6.07, 6.45) is 0. The van der Waals surface area contributed by atoms with Crippen molar-refractivity contribution in [3.8, 4) is 0 Å². The van der Waals surface area contributed by atoms with E-state index >= 15 is 0 Å². The molecule has 7 heteroatoms. The summed E-state index contributed by atoms with van der Waals surface area (Å²) in [5.74, 6) is 0. The number of hydrogen-bond donors (Lipinski definition) is 1. The van der Waals surface area contributed by atoms with Crippen molar-refractivity contribution in [2.75, 3.05) is 4.72 Å². The zero-order valence-electron chi connectivity index (χ0n) is 10.3. The number of nitrogens with one attached hydrogen (secondary N) is 1. The minimum absolute atomic E-state index is 0.0619. The van der Waals surface area contributed by atoms with E-state index in [9.17, 15) is 8.42 Å². The molecule has 0 saturated carbocycles. The van der Waals surface area contributed by atoms with E-state index in [1.54, 1.807) is 31.2 Å². The minimum atomic E-state index is -3.78. The number of benzene rings is 2. The van der Waals surface area contributed by atoms with Crippen LogP contribution in [-0.2, 0) is 10.0 Å². The fraction of sp³-hybridized carbons (Fsp3) is 0.0769. The molecule has 0 atom stereocenters. The number of rotatable bonds is 3. The highest BCUT2D eigenvalue weighted by molar-refractivity contribution is 7.92. The first-order valence-electron chi connectivity index (χ1n) is 5.54. The molecular weight excluding hydrogens is 341 g/mol. The number of sulfonamides is 1. The summed E-state index contributed by atoms with van der Waals surface area (Å²) >= 11 is 17.7. The van der Waals surface area contributed by atoms with E-state index < -0.39 is 10.0 Å². The number of halogens is 3. The fourth-order valence-corrected chi connectivity index (χ4v) is 3.68. The molecule has 0 radical (unpaired) electrons. The zero-order valence-corrected chi connectivity index (χ0v) is 13.4. The van der Waals surface area contributed by atoms with Gasteiger partial charge in [0.2, 0.25) is 0 Å². The van der Waals surface area contributed by atoms with Crippen molar-refractivity contribution >= 4 is 50.5 Å². The molecule has 0 fully saturated rings. The van der Waals surface area contributed by atoms with Gasteiger partial charge in [-0.05, 0) is 36.8 Å². The molecule has 0 saturated heterocycles. The van der Waals surface area contributed by atoms with Crippen LogP contribution >= 0.6 is 34.8 Å². The van der Waals surface area contributed by atoms with E-state index in [4.69, 9.17) is 34.8 Å². The van der Waals surface area contributed by atoms with Crippen molar-refractivity contribution in [1.82, 2.24) is 0 Å². The Morgan fingerprint density at radius 1 is 0.950 bits per heavy atom. The van der Waals surface area contributed by atoms with Crippen LogP contribution in [0, 0.1) is 6.92 Å². The minimum Gasteiger partial charge on any atom is -0.278 e. The van der Waals surface area contributed by atoms with Gasteiger partial charge in [0.05, 0.1) is 25.7 Å². The molecule has 0 unspecified atom stereocenters. The van der Waals surface area contributed by atoms with Crippen LogP contribution in [0.5, 0.6) is 0 Å². The van der Waals surface area contributed by atoms with E-state index in [-0.39, 0.29) is 9.92 Å². The van der Waals surface area contributed by atoms with Crippen LogP contribution in [0.3, 0.4) is 0 Å². The lowest BCUT2D eigenvalue weighted by molar-refractivity contribution is 0.600. The van der Waals surface area contributed by atoms with Crippen LogP contribution < -0.4 is 4.72 Å². The molecule has 0 aliphatic rings. The molecule has 0 aliphatic heterocycles. The lowest BCUT2D eigenvalue weighted by Gasteiger charge is -2.12. The van der Waals surface area contributed by atoms with Gasteiger partial charge in [-0.3, -0.25) is 4.72 Å². The Kier molecular flexibility index (Phi) is 4.49. The monoisotopic (exact) mass is 349 g/mol. The third-order valence-corrected chi connectivity index (χ3v) is 5.18. The van der Waals surface area contributed by atoms with Gasteiger partial charge in [-0.2, -0.15) is 0 Å². The van der Waals surface area contributed by atoms with Crippen molar-refractivity contribution in [3.63, 3.8) is 0 Å². The van der Waals surface area contributed by atoms with Gasteiger partial charge in [0.1, 0.15) is 0 Å². The van der Waals surface area contributed by atoms with Gasteiger partial charge in [0.15, 0.2) is 0 Å². The van der Waals surface area contributed by atoms with Gasteiger partial charge in [-0.15, -0.1) is 0 Å². The average molecular weight is 351 g/mol. The van der Waals surface area contributed by atoms with E-state index in [1.807, 2.05) is 0 Å². The summed E-state index contributed by atoms with van der Waals surface area (Å²) in [4.78, 5) is 0.0619. The maximum atomic E-state index is 12.4. The summed E-state index contributed by atoms with van der Waals surface area (Å²) in [5.41, 5.74) is 0.804. The van der Waals surface area contributed by atoms with Crippen LogP contribution in [0.2, 0.25) is 15.1 Å². The fourth-order valence-electron chi connectivity index (χ4n) is 1.66. The molecule has 2 rings (SSSR count). The molecule has 106 valence electrons. The van der Waals surface area contributed by atoms with E-state index in [2.05, 4.69) is 4.72 Å². The molecule has 0 bridgehead atoms. The Hall–Kier alpha value is -0.940. The molecule has 20 heavy (non-hydrogen) atoms. The first kappa shape index (κ1) is 15.4. The molecule has 3 nitrogen and oxygen atoms in total. The van der Waals surface area contributed by atoms with Crippen LogP contribution in [0.15, 0.2) is 41.3 Å². The van der Waals surface area contributed by atoms with Crippen molar-refractivity contribution in [2.45, 2.75) is 11.8 Å². The highest BCUT2D eigenvalue weighted by Crippen LogP contribution is 2.30. The Balaban J connectivity index is 2.47. The highest BCUT2D eigenvalue weighted by Gasteiger charge is 2.19. The zero-order chi connectivity index (χ0) is 14.9. The Bertz CT molecular complexity index is 760. The first-order chi connectivity index (χ1) is 9.31. The molecule has 2 aromatic rings. The summed E-state index contributed by atoms with van der Waals surface area (Å²) in [6, 6.07) is 9.40. The molecule has 0 heterocycles. The van der Waals surface area contributed by atoms with Crippen LogP contribution in [-0.4, -0.2) is 8.42 Å². The van der Waals surface area contributed by atoms with E-state index in [0.29, 0.717) is 21.3 Å². The summed E-state index contributed by atoms with van der Waals surface area (Å²) < 4.78 is 27.2. The maximum Gasteiger partial charge on any atom is 0.262 e. The quantitative estimate of drug-likeness (QED) is 0.867. The second-order valence-corrected chi connectivity index (χ2v) is 6.99. The Labute approximate surface area is 132 Å². The molecule has 0 aliphatic carbocycles. The SMILES string of the molecule is Cc1cc(Cl)c(Cl)cc1S(=O)(=O)Nc1ccccc1Cl. The Morgan fingerprint density at radius 3 is 2.20 bits per heavy atom. The summed E-state index contributed by atoms with van der Waals surface area (Å²) in [6.45, 7) is 1.64. The van der Waals surface area contributed by atoms with Gasteiger partial charge < -0.3 is 0 Å². The molecule has 1 N–H and O–H groups in total. The normalized spacial score (nSPS) is 11.4. The topological polar surface area (TPSA) is 46.2 Å². The molecule has 0 amide bonds. The highest BCUT2D eigenvalue weighted by atomic mass is 35.5. The standard InChI is InChI=1S/C13H10Cl3NO2S/c1-8-6-10(15)11(16)7-13(8)20(18,19)17-12-5-3-2-4-9(12)14/h2-7,17H,1H3.